The molecule has 78 valence electrons. The van der Waals surface area contributed by atoms with Gasteiger partial charge in [0.1, 0.15) is 19.5 Å². The fourth-order valence-electron chi connectivity index (χ4n) is 0.974. The largest absolute Gasteiger partial charge is 0.313 e. The third-order valence-corrected chi connectivity index (χ3v) is 4.42. The van der Waals surface area contributed by atoms with Gasteiger partial charge in [-0.05, 0) is 45.2 Å². The SMILES string of the molecule is Fc1cc(-n2cnc(I)c2I)nc(F)n1. The lowest BCUT2D eigenvalue weighted by molar-refractivity contribution is 0.479. The van der Waals surface area contributed by atoms with Crippen molar-refractivity contribution >= 4 is 45.2 Å². The van der Waals surface area contributed by atoms with Gasteiger partial charge in [0, 0.05) is 6.07 Å². The van der Waals surface area contributed by atoms with Crippen molar-refractivity contribution in [3.63, 3.8) is 0 Å². The van der Waals surface area contributed by atoms with Gasteiger partial charge < -0.3 is 0 Å². The number of halogens is 4. The van der Waals surface area contributed by atoms with Crippen molar-refractivity contribution in [1.82, 2.24) is 19.5 Å². The maximum atomic E-state index is 12.8. The van der Waals surface area contributed by atoms with Crippen LogP contribution in [-0.4, -0.2) is 19.5 Å². The highest BCUT2D eigenvalue weighted by atomic mass is 127. The number of hydrogen-bond acceptors (Lipinski definition) is 3. The van der Waals surface area contributed by atoms with E-state index in [0.717, 1.165) is 13.5 Å². The van der Waals surface area contributed by atoms with E-state index in [1.54, 1.807) is 0 Å². The van der Waals surface area contributed by atoms with Crippen LogP contribution in [0.5, 0.6) is 0 Å². The molecule has 2 rings (SSSR count). The lowest BCUT2D eigenvalue weighted by Gasteiger charge is -2.02. The zero-order chi connectivity index (χ0) is 11.0. The average Bonchev–Trinajstić information content (AvgIpc) is 2.46. The van der Waals surface area contributed by atoms with Crippen LogP contribution < -0.4 is 0 Å². The predicted molar refractivity (Wildman–Crippen MR) is 64.5 cm³/mol. The highest BCUT2D eigenvalue weighted by Crippen LogP contribution is 2.17. The number of imidazole rings is 1. The summed E-state index contributed by atoms with van der Waals surface area (Å²) in [5, 5.41) is 0. The molecule has 0 spiro atoms. The van der Waals surface area contributed by atoms with E-state index in [4.69, 9.17) is 0 Å². The van der Waals surface area contributed by atoms with E-state index in [1.807, 2.05) is 45.2 Å². The van der Waals surface area contributed by atoms with Crippen LogP contribution >= 0.6 is 45.2 Å². The second-order valence-corrected chi connectivity index (χ2v) is 4.56. The molecule has 2 heterocycles. The Morgan fingerprint density at radius 2 is 1.93 bits per heavy atom. The van der Waals surface area contributed by atoms with Crippen molar-refractivity contribution < 1.29 is 8.78 Å². The first-order valence-corrected chi connectivity index (χ1v) is 5.82. The Balaban J connectivity index is 2.58. The molecule has 4 nitrogen and oxygen atoms in total. The lowest BCUT2D eigenvalue weighted by Crippen LogP contribution is -2.03. The Labute approximate surface area is 110 Å². The molecule has 0 atom stereocenters. The smallest absolute Gasteiger partial charge is 0.277 e. The van der Waals surface area contributed by atoms with Crippen molar-refractivity contribution in [3.8, 4) is 5.82 Å². The van der Waals surface area contributed by atoms with Crippen molar-refractivity contribution in [3.05, 3.63) is 31.8 Å². The summed E-state index contributed by atoms with van der Waals surface area (Å²) in [5.74, 6) is -0.781. The molecule has 0 aliphatic heterocycles. The zero-order valence-electron chi connectivity index (χ0n) is 6.96. The molecule has 0 saturated heterocycles. The molecule has 0 fully saturated rings. The van der Waals surface area contributed by atoms with Gasteiger partial charge in [0.05, 0.1) is 0 Å². The maximum absolute atomic E-state index is 12.8. The first kappa shape index (κ1) is 11.1. The Hall–Kier alpha value is -0.390. The highest BCUT2D eigenvalue weighted by molar-refractivity contribution is 14.1. The fourth-order valence-corrected chi connectivity index (χ4v) is 1.87. The minimum atomic E-state index is -1.09. The number of hydrogen-bond donors (Lipinski definition) is 0. The molecule has 0 radical (unpaired) electrons. The average molecular weight is 434 g/mol. The van der Waals surface area contributed by atoms with Gasteiger partial charge in [0.2, 0.25) is 5.95 Å². The summed E-state index contributed by atoms with van der Waals surface area (Å²) in [6.45, 7) is 0. The summed E-state index contributed by atoms with van der Waals surface area (Å²) < 4.78 is 28.5. The molecular weight excluding hydrogens is 432 g/mol. The molecule has 0 aliphatic rings. The molecule has 0 unspecified atom stereocenters. The normalized spacial score (nSPS) is 10.7. The topological polar surface area (TPSA) is 43.6 Å². The number of nitrogens with zero attached hydrogens (tertiary/aromatic N) is 4. The third-order valence-electron chi connectivity index (χ3n) is 1.57. The van der Waals surface area contributed by atoms with E-state index in [0.29, 0.717) is 0 Å². The van der Waals surface area contributed by atoms with E-state index in [-0.39, 0.29) is 5.82 Å². The summed E-state index contributed by atoms with van der Waals surface area (Å²) in [5.41, 5.74) is 0. The van der Waals surface area contributed by atoms with Crippen LogP contribution in [0, 0.1) is 19.4 Å². The van der Waals surface area contributed by atoms with Gasteiger partial charge in [0.15, 0.2) is 0 Å². The van der Waals surface area contributed by atoms with Gasteiger partial charge >= 0.3 is 6.08 Å². The first-order chi connectivity index (χ1) is 7.08. The second-order valence-electron chi connectivity index (χ2n) is 2.51. The second kappa shape index (κ2) is 4.23. The molecule has 8 heteroatoms. The molecule has 0 aliphatic carbocycles. The Bertz CT molecular complexity index is 493. The highest BCUT2D eigenvalue weighted by Gasteiger charge is 2.10. The van der Waals surface area contributed by atoms with Crippen LogP contribution in [0.15, 0.2) is 12.4 Å². The molecule has 2 aromatic rings. The Morgan fingerprint density at radius 3 is 2.47 bits per heavy atom. The monoisotopic (exact) mass is 434 g/mol. The third kappa shape index (κ3) is 2.24. The van der Waals surface area contributed by atoms with Crippen LogP contribution in [0.4, 0.5) is 8.78 Å². The van der Waals surface area contributed by atoms with Gasteiger partial charge in [-0.3, -0.25) is 4.57 Å². The van der Waals surface area contributed by atoms with Gasteiger partial charge in [-0.2, -0.15) is 18.7 Å². The molecule has 0 aromatic carbocycles. The van der Waals surface area contributed by atoms with Crippen LogP contribution in [0.2, 0.25) is 0 Å². The van der Waals surface area contributed by atoms with Crippen molar-refractivity contribution in [2.75, 3.05) is 0 Å². The minimum Gasteiger partial charge on any atom is -0.277 e. The summed E-state index contributed by atoms with van der Waals surface area (Å²) in [7, 11) is 0. The van der Waals surface area contributed by atoms with E-state index in [1.165, 1.54) is 10.9 Å². The van der Waals surface area contributed by atoms with E-state index < -0.39 is 12.0 Å². The van der Waals surface area contributed by atoms with E-state index in [9.17, 15) is 8.78 Å². The summed E-state index contributed by atoms with van der Waals surface area (Å²) in [4.78, 5) is 10.4. The van der Waals surface area contributed by atoms with Crippen molar-refractivity contribution in [1.29, 1.82) is 0 Å². The van der Waals surface area contributed by atoms with Crippen LogP contribution in [0.3, 0.4) is 0 Å². The Kier molecular flexibility index (Phi) is 3.13. The lowest BCUT2D eigenvalue weighted by atomic mass is 10.5. The maximum Gasteiger partial charge on any atom is 0.313 e. The first-order valence-electron chi connectivity index (χ1n) is 3.66. The molecule has 15 heavy (non-hydrogen) atoms. The standard InChI is InChI=1S/C7H2F2I2N4/c8-3-1-4(14-7(9)13-3)15-2-12-5(10)6(15)11/h1-2H. The molecule has 0 amide bonds. The number of rotatable bonds is 1. The predicted octanol–water partition coefficient (Wildman–Crippen LogP) is 2.15. The van der Waals surface area contributed by atoms with Crippen LogP contribution in [0.1, 0.15) is 0 Å². The molecule has 0 bridgehead atoms. The number of aromatic nitrogens is 4. The molecule has 0 saturated carbocycles. The molecule has 0 N–H and O–H groups in total. The molecule has 2 aromatic heterocycles. The minimum absolute atomic E-state index is 0.125. The van der Waals surface area contributed by atoms with Crippen molar-refractivity contribution in [2.45, 2.75) is 0 Å². The van der Waals surface area contributed by atoms with Crippen LogP contribution in [0.25, 0.3) is 5.82 Å². The zero-order valence-corrected chi connectivity index (χ0v) is 11.3. The molecular formula is C7H2F2I2N4. The quantitative estimate of drug-likeness (QED) is 0.393. The van der Waals surface area contributed by atoms with E-state index >= 15 is 0 Å². The van der Waals surface area contributed by atoms with Gasteiger partial charge in [0.25, 0.3) is 0 Å². The van der Waals surface area contributed by atoms with Gasteiger partial charge in [-0.1, -0.05) is 0 Å². The van der Waals surface area contributed by atoms with Crippen molar-refractivity contribution in [2.24, 2.45) is 0 Å². The van der Waals surface area contributed by atoms with Crippen LogP contribution in [-0.2, 0) is 0 Å². The fraction of sp³-hybridized carbons (Fsp3) is 0. The summed E-state index contributed by atoms with van der Waals surface area (Å²) in [6.07, 6.45) is 0.356. The summed E-state index contributed by atoms with van der Waals surface area (Å²) >= 11 is 4.03. The Morgan fingerprint density at radius 1 is 1.20 bits per heavy atom. The van der Waals surface area contributed by atoms with Gasteiger partial charge in [-0.15, -0.1) is 0 Å². The van der Waals surface area contributed by atoms with E-state index in [2.05, 4.69) is 15.0 Å². The van der Waals surface area contributed by atoms with Gasteiger partial charge in [-0.25, -0.2) is 4.98 Å². The summed E-state index contributed by atoms with van der Waals surface area (Å²) in [6, 6.07) is 1.04.